The molecule has 2 N–H and O–H groups in total. The molecule has 0 unspecified atom stereocenters. The lowest BCUT2D eigenvalue weighted by atomic mass is 10.0. The van der Waals surface area contributed by atoms with E-state index in [2.05, 4.69) is 59.2 Å². The first-order valence-electron chi connectivity index (χ1n) is 7.58. The molecule has 2 aliphatic rings. The van der Waals surface area contributed by atoms with Gasteiger partial charge >= 0.3 is 0 Å². The first-order valence-corrected chi connectivity index (χ1v) is 7.58. The summed E-state index contributed by atoms with van der Waals surface area (Å²) in [6.07, 6.45) is 2.45. The van der Waals surface area contributed by atoms with Gasteiger partial charge in [-0.1, -0.05) is 48.5 Å². The van der Waals surface area contributed by atoms with Gasteiger partial charge < -0.3 is 10.6 Å². The maximum Gasteiger partial charge on any atom is 0.0591 e. The van der Waals surface area contributed by atoms with Crippen LogP contribution in [-0.4, -0.2) is 19.1 Å². The topological polar surface area (TPSA) is 24.1 Å². The van der Waals surface area contributed by atoms with E-state index in [0.717, 1.165) is 13.1 Å². The third-order valence-corrected chi connectivity index (χ3v) is 4.58. The summed E-state index contributed by atoms with van der Waals surface area (Å²) < 4.78 is 0. The van der Waals surface area contributed by atoms with E-state index in [0.29, 0.717) is 12.1 Å². The van der Waals surface area contributed by atoms with Gasteiger partial charge in [0, 0.05) is 6.04 Å². The lowest BCUT2D eigenvalue weighted by Crippen LogP contribution is -2.41. The van der Waals surface area contributed by atoms with Crippen LogP contribution in [0.25, 0.3) is 11.1 Å². The van der Waals surface area contributed by atoms with Crippen molar-refractivity contribution >= 4 is 0 Å². The van der Waals surface area contributed by atoms with E-state index >= 15 is 0 Å². The third kappa shape index (κ3) is 1.96. The second kappa shape index (κ2) is 5.04. The lowest BCUT2D eigenvalue weighted by Gasteiger charge is -2.28. The lowest BCUT2D eigenvalue weighted by molar-refractivity contribution is 0.369. The number of hydrogen-bond donors (Lipinski definition) is 2. The molecule has 0 radical (unpaired) electrons. The Hall–Kier alpha value is -1.64. The zero-order valence-electron chi connectivity index (χ0n) is 11.6. The zero-order chi connectivity index (χ0) is 13.4. The van der Waals surface area contributed by atoms with Crippen LogP contribution in [0.3, 0.4) is 0 Å². The van der Waals surface area contributed by atoms with Crippen LogP contribution in [0, 0.1) is 0 Å². The molecule has 1 heterocycles. The Kier molecular flexibility index (Phi) is 3.06. The van der Waals surface area contributed by atoms with Crippen LogP contribution in [0.4, 0.5) is 0 Å². The van der Waals surface area contributed by atoms with Crippen molar-refractivity contribution in [2.45, 2.75) is 24.9 Å². The minimum atomic E-state index is 0.366. The zero-order valence-corrected chi connectivity index (χ0v) is 11.6. The Morgan fingerprint density at radius 2 is 1.35 bits per heavy atom. The fraction of sp³-hybridized carbons (Fsp3) is 0.333. The van der Waals surface area contributed by atoms with E-state index in [9.17, 15) is 0 Å². The smallest absolute Gasteiger partial charge is 0.0591 e. The van der Waals surface area contributed by atoms with Crippen LogP contribution >= 0.6 is 0 Å². The number of piperidine rings is 1. The summed E-state index contributed by atoms with van der Waals surface area (Å²) in [5.74, 6) is 0. The van der Waals surface area contributed by atoms with Crippen molar-refractivity contribution in [3.63, 3.8) is 0 Å². The predicted octanol–water partition coefficient (Wildman–Crippen LogP) is 3.10. The van der Waals surface area contributed by atoms with Crippen molar-refractivity contribution in [3.05, 3.63) is 59.7 Å². The molecule has 102 valence electrons. The fourth-order valence-corrected chi connectivity index (χ4v) is 3.56. The molecule has 4 rings (SSSR count). The normalized spacial score (nSPS) is 18.8. The molecule has 0 atom stereocenters. The Labute approximate surface area is 120 Å². The van der Waals surface area contributed by atoms with Crippen LogP contribution < -0.4 is 10.6 Å². The Morgan fingerprint density at radius 1 is 0.800 bits per heavy atom. The standard InChI is InChI=1S/C18H20N2/c1-3-7-16-14(5-1)15-6-2-4-8-17(15)18(16)20-13-9-11-19-12-10-13/h1-8,13,18-20H,9-12H2. The molecular formula is C18H20N2. The number of nitrogens with one attached hydrogen (secondary N) is 2. The van der Waals surface area contributed by atoms with Crippen molar-refractivity contribution in [1.29, 1.82) is 0 Å². The SMILES string of the molecule is c1ccc2c(c1)-c1ccccc1C2NC1CCNCC1. The molecule has 1 aliphatic heterocycles. The molecule has 1 fully saturated rings. The van der Waals surface area contributed by atoms with Crippen LogP contribution in [0.15, 0.2) is 48.5 Å². The van der Waals surface area contributed by atoms with Gasteiger partial charge in [0.15, 0.2) is 0 Å². The summed E-state index contributed by atoms with van der Waals surface area (Å²) in [7, 11) is 0. The molecule has 20 heavy (non-hydrogen) atoms. The van der Waals surface area contributed by atoms with Gasteiger partial charge in [-0.05, 0) is 48.2 Å². The minimum Gasteiger partial charge on any atom is -0.317 e. The molecule has 0 amide bonds. The average Bonchev–Trinajstić information content (AvgIpc) is 2.84. The quantitative estimate of drug-likeness (QED) is 0.871. The summed E-state index contributed by atoms with van der Waals surface area (Å²) >= 11 is 0. The molecule has 1 saturated heterocycles. The average molecular weight is 264 g/mol. The molecule has 2 nitrogen and oxygen atoms in total. The van der Waals surface area contributed by atoms with Crippen molar-refractivity contribution in [3.8, 4) is 11.1 Å². The summed E-state index contributed by atoms with van der Waals surface area (Å²) in [5.41, 5.74) is 5.67. The van der Waals surface area contributed by atoms with Gasteiger partial charge in [-0.2, -0.15) is 0 Å². The number of benzene rings is 2. The highest BCUT2D eigenvalue weighted by molar-refractivity contribution is 5.78. The molecule has 0 spiro atoms. The highest BCUT2D eigenvalue weighted by Gasteiger charge is 2.29. The van der Waals surface area contributed by atoms with E-state index < -0.39 is 0 Å². The predicted molar refractivity (Wildman–Crippen MR) is 82.7 cm³/mol. The Bertz CT molecular complexity index is 569. The van der Waals surface area contributed by atoms with Crippen LogP contribution in [0.2, 0.25) is 0 Å². The summed E-state index contributed by atoms with van der Waals surface area (Å²) in [6.45, 7) is 2.27. The van der Waals surface area contributed by atoms with Crippen LogP contribution in [0.5, 0.6) is 0 Å². The molecule has 0 bridgehead atoms. The van der Waals surface area contributed by atoms with Gasteiger partial charge in [0.2, 0.25) is 0 Å². The van der Waals surface area contributed by atoms with E-state index in [1.807, 2.05) is 0 Å². The van der Waals surface area contributed by atoms with E-state index in [1.54, 1.807) is 0 Å². The van der Waals surface area contributed by atoms with Crippen molar-refractivity contribution < 1.29 is 0 Å². The van der Waals surface area contributed by atoms with E-state index in [1.165, 1.54) is 35.1 Å². The number of rotatable bonds is 2. The first kappa shape index (κ1) is 12.1. The maximum atomic E-state index is 3.89. The maximum absolute atomic E-state index is 3.89. The summed E-state index contributed by atoms with van der Waals surface area (Å²) in [4.78, 5) is 0. The Balaban J connectivity index is 1.71. The van der Waals surface area contributed by atoms with Gasteiger partial charge in [0.25, 0.3) is 0 Å². The van der Waals surface area contributed by atoms with E-state index in [-0.39, 0.29) is 0 Å². The highest BCUT2D eigenvalue weighted by Crippen LogP contribution is 2.43. The summed E-state index contributed by atoms with van der Waals surface area (Å²) in [6, 6.07) is 18.6. The largest absolute Gasteiger partial charge is 0.317 e. The monoisotopic (exact) mass is 264 g/mol. The molecule has 0 saturated carbocycles. The summed E-state index contributed by atoms with van der Waals surface area (Å²) in [5, 5.41) is 7.33. The number of fused-ring (bicyclic) bond motifs is 3. The van der Waals surface area contributed by atoms with Crippen molar-refractivity contribution in [1.82, 2.24) is 10.6 Å². The molecular weight excluding hydrogens is 244 g/mol. The van der Waals surface area contributed by atoms with Gasteiger partial charge in [-0.25, -0.2) is 0 Å². The van der Waals surface area contributed by atoms with Gasteiger partial charge in [0.05, 0.1) is 6.04 Å². The highest BCUT2D eigenvalue weighted by atomic mass is 15.0. The molecule has 2 aromatic rings. The van der Waals surface area contributed by atoms with Gasteiger partial charge in [0.1, 0.15) is 0 Å². The fourth-order valence-electron chi connectivity index (χ4n) is 3.56. The molecule has 2 heteroatoms. The second-order valence-electron chi connectivity index (χ2n) is 5.80. The second-order valence-corrected chi connectivity index (χ2v) is 5.80. The van der Waals surface area contributed by atoms with E-state index in [4.69, 9.17) is 0 Å². The van der Waals surface area contributed by atoms with Crippen LogP contribution in [-0.2, 0) is 0 Å². The molecule has 1 aliphatic carbocycles. The van der Waals surface area contributed by atoms with Gasteiger partial charge in [-0.15, -0.1) is 0 Å². The minimum absolute atomic E-state index is 0.366. The molecule has 0 aromatic heterocycles. The molecule has 2 aromatic carbocycles. The van der Waals surface area contributed by atoms with Crippen molar-refractivity contribution in [2.24, 2.45) is 0 Å². The number of hydrogen-bond acceptors (Lipinski definition) is 2. The van der Waals surface area contributed by atoms with Gasteiger partial charge in [-0.3, -0.25) is 0 Å². The Morgan fingerprint density at radius 3 is 1.95 bits per heavy atom. The van der Waals surface area contributed by atoms with Crippen LogP contribution in [0.1, 0.15) is 30.0 Å². The third-order valence-electron chi connectivity index (χ3n) is 4.58. The first-order chi connectivity index (χ1) is 9.93. The van der Waals surface area contributed by atoms with Crippen molar-refractivity contribution in [2.75, 3.05) is 13.1 Å².